The quantitative estimate of drug-likeness (QED) is 0.108. The van der Waals surface area contributed by atoms with Crippen molar-refractivity contribution in [2.75, 3.05) is 42.2 Å². The van der Waals surface area contributed by atoms with Crippen molar-refractivity contribution in [2.24, 2.45) is 0 Å². The Morgan fingerprint density at radius 1 is 1.06 bits per heavy atom. The third-order valence-electron chi connectivity index (χ3n) is 8.19. The number of carbonyl (C=O) groups is 1. The predicted octanol–water partition coefficient (Wildman–Crippen LogP) is 4.53. The highest BCUT2D eigenvalue weighted by atomic mass is 32.2. The van der Waals surface area contributed by atoms with Crippen LogP contribution in [0, 0.1) is 0 Å². The van der Waals surface area contributed by atoms with E-state index in [0.29, 0.717) is 48.8 Å². The van der Waals surface area contributed by atoms with E-state index in [-0.39, 0.29) is 36.1 Å². The van der Waals surface area contributed by atoms with Crippen molar-refractivity contribution in [2.45, 2.75) is 103 Å². The number of unbranched alkanes of at least 4 members (excludes halogenated alkanes) is 2. The first kappa shape index (κ1) is 39.0. The third kappa shape index (κ3) is 13.6. The van der Waals surface area contributed by atoms with Crippen LogP contribution >= 0.6 is 11.8 Å². The van der Waals surface area contributed by atoms with E-state index < -0.39 is 9.84 Å². The summed E-state index contributed by atoms with van der Waals surface area (Å²) in [6.07, 6.45) is 11.9. The number of hydrogen-bond acceptors (Lipinski definition) is 12. The van der Waals surface area contributed by atoms with Crippen LogP contribution in [0.4, 0.5) is 11.8 Å². The van der Waals surface area contributed by atoms with Gasteiger partial charge < -0.3 is 21.1 Å². The molecule has 5 N–H and O–H groups in total. The van der Waals surface area contributed by atoms with Gasteiger partial charge in [-0.2, -0.15) is 22.0 Å². The van der Waals surface area contributed by atoms with Crippen LogP contribution < -0.4 is 21.1 Å². The number of methoxy groups -OCH3 is 1. The summed E-state index contributed by atoms with van der Waals surface area (Å²) in [5.74, 6) is 2.90. The van der Waals surface area contributed by atoms with Crippen molar-refractivity contribution in [3.8, 4) is 5.75 Å². The van der Waals surface area contributed by atoms with Crippen LogP contribution in [0.5, 0.6) is 5.75 Å². The average Bonchev–Trinajstić information content (AvgIpc) is 3.56. The van der Waals surface area contributed by atoms with Gasteiger partial charge in [-0.15, -0.1) is 10.2 Å². The van der Waals surface area contributed by atoms with Gasteiger partial charge in [0.25, 0.3) is 0 Å². The number of benzene rings is 1. The molecule has 2 heterocycles. The number of sulfone groups is 1. The first-order chi connectivity index (χ1) is 23.0. The number of rotatable bonds is 23. The van der Waals surface area contributed by atoms with Crippen LogP contribution in [-0.2, 0) is 33.9 Å². The maximum atomic E-state index is 13.3. The Kier molecular flexibility index (Phi) is 16.4. The molecular formula is C33H53N9O4S2. The van der Waals surface area contributed by atoms with E-state index in [4.69, 9.17) is 10.5 Å². The zero-order valence-corrected chi connectivity index (χ0v) is 30.7. The molecule has 1 amide bonds. The normalized spacial score (nSPS) is 12.9. The highest BCUT2D eigenvalue weighted by molar-refractivity contribution is 7.98. The van der Waals surface area contributed by atoms with Gasteiger partial charge in [0.2, 0.25) is 11.9 Å². The summed E-state index contributed by atoms with van der Waals surface area (Å²) in [5.41, 5.74) is 9.60. The van der Waals surface area contributed by atoms with Gasteiger partial charge in [0.15, 0.2) is 5.82 Å². The number of aromatic amines is 1. The van der Waals surface area contributed by atoms with Gasteiger partial charge in [0.1, 0.15) is 21.4 Å². The van der Waals surface area contributed by atoms with Gasteiger partial charge >= 0.3 is 0 Å². The second-order valence-electron chi connectivity index (χ2n) is 12.3. The summed E-state index contributed by atoms with van der Waals surface area (Å²) in [4.78, 5) is 22.5. The fraction of sp³-hybridized carbons (Fsp3) is 0.636. The maximum Gasteiger partial charge on any atom is 0.222 e. The van der Waals surface area contributed by atoms with Gasteiger partial charge in [-0.25, -0.2) is 13.4 Å². The molecule has 15 heteroatoms. The van der Waals surface area contributed by atoms with Crippen molar-refractivity contribution < 1.29 is 17.9 Å². The molecule has 0 saturated carbocycles. The lowest BCUT2D eigenvalue weighted by atomic mass is 9.97. The number of nitrogens with one attached hydrogen (secondary N) is 3. The molecule has 2 atom stereocenters. The summed E-state index contributed by atoms with van der Waals surface area (Å²) in [7, 11) is -1.54. The topological polar surface area (TPSA) is 191 Å². The van der Waals surface area contributed by atoms with Crippen molar-refractivity contribution in [1.29, 1.82) is 0 Å². The Hall–Kier alpha value is -3.46. The molecule has 2 aromatic heterocycles. The maximum absolute atomic E-state index is 13.3. The van der Waals surface area contributed by atoms with Crippen molar-refractivity contribution >= 4 is 39.3 Å². The monoisotopic (exact) mass is 703 g/mol. The number of carbonyl (C=O) groups excluding carboxylic acids is 1. The molecule has 0 aliphatic heterocycles. The lowest BCUT2D eigenvalue weighted by molar-refractivity contribution is -0.121. The second kappa shape index (κ2) is 20.1. The summed E-state index contributed by atoms with van der Waals surface area (Å²) >= 11 is 1.78. The molecule has 13 nitrogen and oxygen atoms in total. The summed E-state index contributed by atoms with van der Waals surface area (Å²) in [6.45, 7) is 4.26. The number of anilines is 2. The van der Waals surface area contributed by atoms with Gasteiger partial charge in [-0.05, 0) is 61.3 Å². The van der Waals surface area contributed by atoms with Crippen molar-refractivity contribution in [3.05, 3.63) is 46.4 Å². The fourth-order valence-corrected chi connectivity index (χ4v) is 6.82. The zero-order valence-electron chi connectivity index (χ0n) is 29.0. The number of hydrogen-bond donors (Lipinski definition) is 4. The number of nitrogen functional groups attached to an aromatic ring is 1. The number of nitrogens with two attached hydrogens (primary N) is 1. The average molecular weight is 704 g/mol. The smallest absolute Gasteiger partial charge is 0.222 e. The summed E-state index contributed by atoms with van der Waals surface area (Å²) in [6, 6.07) is 5.89. The van der Waals surface area contributed by atoms with E-state index in [1.54, 1.807) is 18.9 Å². The number of thioether (sulfide) groups is 1. The highest BCUT2D eigenvalue weighted by Gasteiger charge is 2.22. The molecule has 0 aliphatic carbocycles. The highest BCUT2D eigenvalue weighted by Crippen LogP contribution is 2.30. The molecule has 0 spiro atoms. The van der Waals surface area contributed by atoms with Crippen molar-refractivity contribution in [1.82, 2.24) is 35.9 Å². The Bertz CT molecular complexity index is 1510. The van der Waals surface area contributed by atoms with Crippen LogP contribution in [-0.4, -0.2) is 88.1 Å². The molecule has 48 heavy (non-hydrogen) atoms. The third-order valence-corrected chi connectivity index (χ3v) is 9.81. The molecule has 0 bridgehead atoms. The first-order valence-corrected chi connectivity index (χ1v) is 20.3. The molecule has 266 valence electrons. The molecule has 0 aliphatic rings. The predicted molar refractivity (Wildman–Crippen MR) is 193 cm³/mol. The van der Waals surface area contributed by atoms with Gasteiger partial charge in [0, 0.05) is 43.2 Å². The molecule has 0 saturated heterocycles. The second-order valence-corrected chi connectivity index (χ2v) is 15.5. The van der Waals surface area contributed by atoms with Gasteiger partial charge in [-0.3, -0.25) is 4.79 Å². The van der Waals surface area contributed by atoms with E-state index in [1.165, 1.54) is 6.26 Å². The van der Waals surface area contributed by atoms with Crippen LogP contribution in [0.1, 0.15) is 99.8 Å². The van der Waals surface area contributed by atoms with Crippen LogP contribution in [0.15, 0.2) is 18.2 Å². The Labute approximate surface area is 289 Å². The molecular weight excluding hydrogens is 651 g/mol. The van der Waals surface area contributed by atoms with E-state index in [0.717, 1.165) is 67.4 Å². The number of H-pyrrole nitrogens is 1. The Morgan fingerprint density at radius 3 is 2.46 bits per heavy atom. The fourth-order valence-electron chi connectivity index (χ4n) is 5.59. The number of aromatic nitrogens is 6. The minimum absolute atomic E-state index is 0.0245. The van der Waals surface area contributed by atoms with E-state index in [9.17, 15) is 13.2 Å². The van der Waals surface area contributed by atoms with Gasteiger partial charge in [0.05, 0.1) is 18.6 Å². The number of ether oxygens (including phenoxy) is 1. The number of nitrogens with zero attached hydrogens (tertiary/aromatic N) is 5. The molecule has 3 aromatic rings. The Morgan fingerprint density at radius 2 is 1.81 bits per heavy atom. The molecule has 2 unspecified atom stereocenters. The molecule has 0 radical (unpaired) electrons. The zero-order chi connectivity index (χ0) is 34.9. The lowest BCUT2D eigenvalue weighted by Gasteiger charge is -2.23. The standard InChI is InChI=1S/C33H53N9O4S2/c1-6-8-10-25(16-18-47-4)35-31(43)15-13-28-27(22-24-20-23(12-14-29(24)46-3)21-30-39-41-42-40-30)32(38-33(34)37-28)36-26(11-9-7-2)17-19-48(5,44)45/h12,14,20,25-26H,6-11,13,15-19,21-22H2,1-5H3,(H,35,43)(H3,34,36,37,38)(H,39,40,41,42). The van der Waals surface area contributed by atoms with Crippen LogP contribution in [0.2, 0.25) is 0 Å². The van der Waals surface area contributed by atoms with E-state index >= 15 is 0 Å². The first-order valence-electron chi connectivity index (χ1n) is 16.8. The molecule has 0 fully saturated rings. The van der Waals surface area contributed by atoms with E-state index in [1.807, 2.05) is 18.2 Å². The number of aryl methyl sites for hydroxylation is 1. The SMILES string of the molecule is CCCCC(CCSC)NC(=O)CCc1nc(N)nc(NC(CCCC)CCS(C)(=O)=O)c1Cc1cc(Cc2nn[nH]n2)ccc1OC. The lowest BCUT2D eigenvalue weighted by Crippen LogP contribution is -2.35. The molecule has 1 aromatic carbocycles. The molecule has 3 rings (SSSR count). The van der Waals surface area contributed by atoms with Crippen molar-refractivity contribution in [3.63, 3.8) is 0 Å². The number of amides is 1. The van der Waals surface area contributed by atoms with Crippen LogP contribution in [0.25, 0.3) is 0 Å². The summed E-state index contributed by atoms with van der Waals surface area (Å²) in [5, 5.41) is 21.1. The summed E-state index contributed by atoms with van der Waals surface area (Å²) < 4.78 is 29.9. The van der Waals surface area contributed by atoms with Crippen LogP contribution in [0.3, 0.4) is 0 Å². The minimum Gasteiger partial charge on any atom is -0.496 e. The van der Waals surface area contributed by atoms with Gasteiger partial charge in [-0.1, -0.05) is 56.9 Å². The largest absolute Gasteiger partial charge is 0.496 e. The van der Waals surface area contributed by atoms with E-state index in [2.05, 4.69) is 61.3 Å². The minimum atomic E-state index is -3.16. The number of tetrazole rings is 1. The Balaban J connectivity index is 1.98.